The van der Waals surface area contributed by atoms with Gasteiger partial charge in [-0.15, -0.1) is 12.4 Å². The standard InChI is InChI=1S/C13H21N3O3.ClH/c1-8(2)11(13(18)15-9(3)7-14)16-12(17)10-5-4-6-19-10;/h4-6,8-9,11H,7,14H2,1-3H3,(H,15,18)(H,16,17);1H/t9-,11?;/m0./s1. The minimum atomic E-state index is -0.619. The van der Waals surface area contributed by atoms with E-state index in [2.05, 4.69) is 10.6 Å². The SMILES string of the molecule is CC(C)C(NC(=O)c1ccco1)C(=O)N[C@@H](C)CN.Cl. The Morgan fingerprint density at radius 1 is 1.30 bits per heavy atom. The van der Waals surface area contributed by atoms with Gasteiger partial charge in [-0.3, -0.25) is 9.59 Å². The lowest BCUT2D eigenvalue weighted by molar-refractivity contribution is -0.124. The fourth-order valence-electron chi connectivity index (χ4n) is 1.55. The first-order valence-electron chi connectivity index (χ1n) is 6.30. The van der Waals surface area contributed by atoms with Gasteiger partial charge < -0.3 is 20.8 Å². The molecule has 0 radical (unpaired) electrons. The van der Waals surface area contributed by atoms with Crippen LogP contribution in [0.25, 0.3) is 0 Å². The summed E-state index contributed by atoms with van der Waals surface area (Å²) in [6, 6.07) is 2.42. The van der Waals surface area contributed by atoms with Gasteiger partial charge in [0.2, 0.25) is 5.91 Å². The van der Waals surface area contributed by atoms with Crippen molar-refractivity contribution < 1.29 is 14.0 Å². The molecule has 2 atom stereocenters. The topological polar surface area (TPSA) is 97.4 Å². The van der Waals surface area contributed by atoms with Crippen molar-refractivity contribution in [3.8, 4) is 0 Å². The van der Waals surface area contributed by atoms with E-state index in [0.717, 1.165) is 0 Å². The number of nitrogens with one attached hydrogen (secondary N) is 2. The van der Waals surface area contributed by atoms with Gasteiger partial charge in [0, 0.05) is 12.6 Å². The number of halogens is 1. The van der Waals surface area contributed by atoms with E-state index < -0.39 is 11.9 Å². The Balaban J connectivity index is 0.00000361. The Morgan fingerprint density at radius 2 is 1.95 bits per heavy atom. The maximum absolute atomic E-state index is 12.0. The molecule has 1 heterocycles. The summed E-state index contributed by atoms with van der Waals surface area (Å²) in [7, 11) is 0. The van der Waals surface area contributed by atoms with Gasteiger partial charge in [0.25, 0.3) is 5.91 Å². The third-order valence-electron chi connectivity index (χ3n) is 2.72. The second-order valence-corrected chi connectivity index (χ2v) is 4.82. The van der Waals surface area contributed by atoms with Crippen molar-refractivity contribution in [1.82, 2.24) is 10.6 Å². The van der Waals surface area contributed by atoms with Crippen molar-refractivity contribution in [1.29, 1.82) is 0 Å². The zero-order valence-corrected chi connectivity index (χ0v) is 12.7. The van der Waals surface area contributed by atoms with E-state index in [1.54, 1.807) is 12.1 Å². The Morgan fingerprint density at radius 3 is 2.40 bits per heavy atom. The number of amides is 2. The zero-order chi connectivity index (χ0) is 14.4. The largest absolute Gasteiger partial charge is 0.459 e. The fraction of sp³-hybridized carbons (Fsp3) is 0.538. The average molecular weight is 304 g/mol. The summed E-state index contributed by atoms with van der Waals surface area (Å²) in [5.41, 5.74) is 5.46. The van der Waals surface area contributed by atoms with Gasteiger partial charge in [-0.25, -0.2) is 0 Å². The van der Waals surface area contributed by atoms with E-state index in [9.17, 15) is 9.59 Å². The lowest BCUT2D eigenvalue weighted by Gasteiger charge is -2.23. The molecule has 0 saturated carbocycles. The first-order valence-corrected chi connectivity index (χ1v) is 6.30. The Labute approximate surface area is 124 Å². The molecular weight excluding hydrogens is 282 g/mol. The monoisotopic (exact) mass is 303 g/mol. The van der Waals surface area contributed by atoms with Gasteiger partial charge in [-0.2, -0.15) is 0 Å². The first kappa shape index (κ1) is 18.5. The molecule has 0 aliphatic rings. The third kappa shape index (κ3) is 5.22. The first-order chi connectivity index (χ1) is 8.95. The highest BCUT2D eigenvalue weighted by Crippen LogP contribution is 2.06. The molecule has 0 spiro atoms. The number of hydrogen-bond donors (Lipinski definition) is 3. The van der Waals surface area contributed by atoms with Gasteiger partial charge in [-0.05, 0) is 25.0 Å². The molecule has 0 fully saturated rings. The summed E-state index contributed by atoms with van der Waals surface area (Å²) >= 11 is 0. The predicted octanol–water partition coefficient (Wildman–Crippen LogP) is 0.919. The number of furan rings is 1. The van der Waals surface area contributed by atoms with Crippen LogP contribution in [-0.4, -0.2) is 30.4 Å². The summed E-state index contributed by atoms with van der Waals surface area (Å²) in [4.78, 5) is 23.9. The highest BCUT2D eigenvalue weighted by atomic mass is 35.5. The van der Waals surface area contributed by atoms with E-state index in [0.29, 0.717) is 6.54 Å². The zero-order valence-electron chi connectivity index (χ0n) is 11.9. The molecule has 0 bridgehead atoms. The van der Waals surface area contributed by atoms with Crippen LogP contribution in [0.15, 0.2) is 22.8 Å². The van der Waals surface area contributed by atoms with Gasteiger partial charge in [0.1, 0.15) is 6.04 Å². The Bertz CT molecular complexity index is 421. The quantitative estimate of drug-likeness (QED) is 0.728. The summed E-state index contributed by atoms with van der Waals surface area (Å²) in [6.45, 7) is 5.88. The summed E-state index contributed by atoms with van der Waals surface area (Å²) < 4.78 is 4.99. The number of carbonyl (C=O) groups is 2. The van der Waals surface area contributed by atoms with Crippen molar-refractivity contribution >= 4 is 24.2 Å². The van der Waals surface area contributed by atoms with Crippen molar-refractivity contribution in [2.24, 2.45) is 11.7 Å². The Hall–Kier alpha value is -1.53. The van der Waals surface area contributed by atoms with E-state index >= 15 is 0 Å². The third-order valence-corrected chi connectivity index (χ3v) is 2.72. The minimum Gasteiger partial charge on any atom is -0.459 e. The summed E-state index contributed by atoms with van der Waals surface area (Å²) in [5.74, 6) is -0.499. The number of rotatable bonds is 6. The van der Waals surface area contributed by atoms with Crippen LogP contribution in [0, 0.1) is 5.92 Å². The normalized spacial score (nSPS) is 13.2. The molecule has 114 valence electrons. The van der Waals surface area contributed by atoms with Gasteiger partial charge >= 0.3 is 0 Å². The predicted molar refractivity (Wildman–Crippen MR) is 78.7 cm³/mol. The molecule has 1 aromatic heterocycles. The van der Waals surface area contributed by atoms with Crippen LogP contribution in [0.4, 0.5) is 0 Å². The van der Waals surface area contributed by atoms with Gasteiger partial charge in [-0.1, -0.05) is 13.8 Å². The summed E-state index contributed by atoms with van der Waals surface area (Å²) in [6.07, 6.45) is 1.41. The van der Waals surface area contributed by atoms with Crippen molar-refractivity contribution in [3.05, 3.63) is 24.2 Å². The van der Waals surface area contributed by atoms with E-state index in [4.69, 9.17) is 10.2 Å². The maximum Gasteiger partial charge on any atom is 0.287 e. The van der Waals surface area contributed by atoms with Crippen LogP contribution in [0.5, 0.6) is 0 Å². The number of hydrogen-bond acceptors (Lipinski definition) is 4. The lowest BCUT2D eigenvalue weighted by atomic mass is 10.0. The van der Waals surface area contributed by atoms with Crippen molar-refractivity contribution in [3.63, 3.8) is 0 Å². The molecule has 1 aromatic rings. The lowest BCUT2D eigenvalue weighted by Crippen LogP contribution is -2.52. The van der Waals surface area contributed by atoms with E-state index in [-0.39, 0.29) is 36.0 Å². The van der Waals surface area contributed by atoms with E-state index in [1.807, 2.05) is 20.8 Å². The molecule has 20 heavy (non-hydrogen) atoms. The molecule has 0 aromatic carbocycles. The highest BCUT2D eigenvalue weighted by Gasteiger charge is 2.26. The van der Waals surface area contributed by atoms with Gasteiger partial charge in [0.05, 0.1) is 6.26 Å². The second-order valence-electron chi connectivity index (χ2n) is 4.82. The van der Waals surface area contributed by atoms with Crippen LogP contribution in [0.3, 0.4) is 0 Å². The van der Waals surface area contributed by atoms with Crippen LogP contribution in [-0.2, 0) is 4.79 Å². The minimum absolute atomic E-state index is 0. The fourth-order valence-corrected chi connectivity index (χ4v) is 1.55. The summed E-state index contributed by atoms with van der Waals surface area (Å²) in [5, 5.41) is 5.41. The highest BCUT2D eigenvalue weighted by molar-refractivity contribution is 5.95. The molecule has 0 aliphatic carbocycles. The van der Waals surface area contributed by atoms with Crippen LogP contribution < -0.4 is 16.4 Å². The van der Waals surface area contributed by atoms with Crippen LogP contribution in [0.1, 0.15) is 31.3 Å². The van der Waals surface area contributed by atoms with Crippen LogP contribution in [0.2, 0.25) is 0 Å². The van der Waals surface area contributed by atoms with Gasteiger partial charge in [0.15, 0.2) is 5.76 Å². The molecule has 6 nitrogen and oxygen atoms in total. The Kier molecular flexibility index (Phi) is 7.94. The van der Waals surface area contributed by atoms with Crippen molar-refractivity contribution in [2.75, 3.05) is 6.54 Å². The molecule has 7 heteroatoms. The molecule has 1 rings (SSSR count). The maximum atomic E-state index is 12.0. The second kappa shape index (κ2) is 8.60. The van der Waals surface area contributed by atoms with Crippen LogP contribution >= 0.6 is 12.4 Å². The van der Waals surface area contributed by atoms with Crippen molar-refractivity contribution in [2.45, 2.75) is 32.9 Å². The molecule has 4 N–H and O–H groups in total. The molecule has 0 aliphatic heterocycles. The number of carbonyl (C=O) groups excluding carboxylic acids is 2. The number of nitrogens with two attached hydrogens (primary N) is 1. The molecule has 1 unspecified atom stereocenters. The average Bonchev–Trinajstić information content (AvgIpc) is 2.88. The smallest absolute Gasteiger partial charge is 0.287 e. The van der Waals surface area contributed by atoms with E-state index in [1.165, 1.54) is 6.26 Å². The molecule has 0 saturated heterocycles. The molecular formula is C13H22ClN3O3. The molecule has 2 amide bonds.